The largest absolute Gasteiger partial charge is 0.494 e. The summed E-state index contributed by atoms with van der Waals surface area (Å²) in [4.78, 5) is 4.68. The molecule has 1 fully saturated rings. The number of rotatable bonds is 4. The first-order chi connectivity index (χ1) is 10.3. The molecule has 3 rings (SSSR count). The Morgan fingerprint density at radius 3 is 2.50 bits per heavy atom. The van der Waals surface area contributed by atoms with Gasteiger partial charge in [-0.25, -0.2) is 4.98 Å². The van der Waals surface area contributed by atoms with E-state index in [0.29, 0.717) is 6.61 Å². The molecule has 0 bridgehead atoms. The maximum absolute atomic E-state index is 6.10. The lowest BCUT2D eigenvalue weighted by Gasteiger charge is -2.32. The van der Waals surface area contributed by atoms with E-state index in [1.807, 2.05) is 0 Å². The zero-order valence-corrected chi connectivity index (χ0v) is 14.6. The molecule has 118 valence electrons. The van der Waals surface area contributed by atoms with Crippen LogP contribution in [0.5, 0.6) is 0 Å². The lowest BCUT2D eigenvalue weighted by atomic mass is 9.79. The fourth-order valence-electron chi connectivity index (χ4n) is 2.41. The van der Waals surface area contributed by atoms with Crippen LogP contribution in [0.1, 0.15) is 32.7 Å². The highest BCUT2D eigenvalue weighted by Gasteiger charge is 2.51. The molecule has 22 heavy (non-hydrogen) atoms. The molecule has 1 aromatic heterocycles. The molecule has 1 saturated heterocycles. The maximum atomic E-state index is 6.10. The Balaban J connectivity index is 1.86. The molecule has 2 aromatic rings. The van der Waals surface area contributed by atoms with E-state index in [2.05, 4.69) is 50.9 Å². The Hall–Kier alpha value is -0.945. The quantitative estimate of drug-likeness (QED) is 0.813. The molecule has 1 aliphatic rings. The zero-order chi connectivity index (χ0) is 16.0. The van der Waals surface area contributed by atoms with Crippen LogP contribution >= 0.6 is 11.3 Å². The molecule has 0 N–H and O–H groups in total. The minimum Gasteiger partial charge on any atom is -0.399 e. The van der Waals surface area contributed by atoms with Gasteiger partial charge in [0.25, 0.3) is 0 Å². The number of fused-ring (bicyclic) bond motifs is 1. The SMILES string of the molecule is COCCc1nc2cc(B3OC(C)(C)C(C)(C)O3)ccc2s1. The predicted octanol–water partition coefficient (Wildman–Crippen LogP) is 2.78. The van der Waals surface area contributed by atoms with Gasteiger partial charge in [0.2, 0.25) is 0 Å². The Bertz CT molecular complexity index is 667. The molecule has 0 unspecified atom stereocenters. The molecular formula is C16H22BNO3S. The van der Waals surface area contributed by atoms with Crippen molar-refractivity contribution in [2.45, 2.75) is 45.3 Å². The highest BCUT2D eigenvalue weighted by molar-refractivity contribution is 7.18. The van der Waals surface area contributed by atoms with Crippen LogP contribution in [0.4, 0.5) is 0 Å². The van der Waals surface area contributed by atoms with Gasteiger partial charge in [-0.05, 0) is 45.3 Å². The van der Waals surface area contributed by atoms with E-state index in [1.54, 1.807) is 18.4 Å². The van der Waals surface area contributed by atoms with E-state index in [1.165, 1.54) is 4.70 Å². The summed E-state index contributed by atoms with van der Waals surface area (Å²) in [7, 11) is 1.38. The number of aromatic nitrogens is 1. The third-order valence-corrected chi connectivity index (χ3v) is 5.60. The summed E-state index contributed by atoms with van der Waals surface area (Å²) in [6, 6.07) is 6.25. The Morgan fingerprint density at radius 2 is 1.86 bits per heavy atom. The van der Waals surface area contributed by atoms with Crippen molar-refractivity contribution < 1.29 is 14.0 Å². The first-order valence-electron chi connectivity index (χ1n) is 7.56. The second-order valence-electron chi connectivity index (χ2n) is 6.67. The van der Waals surface area contributed by atoms with E-state index in [-0.39, 0.29) is 18.3 Å². The van der Waals surface area contributed by atoms with Crippen LogP contribution in [0.15, 0.2) is 18.2 Å². The van der Waals surface area contributed by atoms with Crippen molar-refractivity contribution in [2.75, 3.05) is 13.7 Å². The Kier molecular flexibility index (Phi) is 4.06. The number of methoxy groups -OCH3 is 1. The normalized spacial score (nSPS) is 20.0. The van der Waals surface area contributed by atoms with Crippen LogP contribution in [-0.4, -0.2) is 37.0 Å². The molecule has 0 aliphatic carbocycles. The summed E-state index contributed by atoms with van der Waals surface area (Å²) in [5.41, 5.74) is 1.38. The van der Waals surface area contributed by atoms with E-state index < -0.39 is 0 Å². The lowest BCUT2D eigenvalue weighted by molar-refractivity contribution is 0.00578. The topological polar surface area (TPSA) is 40.6 Å². The smallest absolute Gasteiger partial charge is 0.399 e. The van der Waals surface area contributed by atoms with E-state index in [0.717, 1.165) is 22.4 Å². The summed E-state index contributed by atoms with van der Waals surface area (Å²) in [6.45, 7) is 8.97. The Labute approximate surface area is 135 Å². The van der Waals surface area contributed by atoms with Gasteiger partial charge in [0.15, 0.2) is 0 Å². The number of hydrogen-bond donors (Lipinski definition) is 0. The average molecular weight is 319 g/mol. The summed E-state index contributed by atoms with van der Waals surface area (Å²) < 4.78 is 18.5. The van der Waals surface area contributed by atoms with Gasteiger partial charge < -0.3 is 14.0 Å². The molecule has 0 saturated carbocycles. The van der Waals surface area contributed by atoms with Crippen LogP contribution in [0.2, 0.25) is 0 Å². The number of thiazole rings is 1. The molecule has 1 aliphatic heterocycles. The van der Waals surface area contributed by atoms with Crippen LogP contribution in [0.25, 0.3) is 10.2 Å². The first-order valence-corrected chi connectivity index (χ1v) is 8.38. The molecule has 4 nitrogen and oxygen atoms in total. The fourth-order valence-corrected chi connectivity index (χ4v) is 3.34. The molecule has 2 heterocycles. The second-order valence-corrected chi connectivity index (χ2v) is 7.78. The summed E-state index contributed by atoms with van der Waals surface area (Å²) in [5.74, 6) is 0. The molecule has 0 radical (unpaired) electrons. The van der Waals surface area contributed by atoms with Gasteiger partial charge in [-0.15, -0.1) is 11.3 Å². The summed E-state index contributed by atoms with van der Waals surface area (Å²) in [5, 5.41) is 1.10. The minimum absolute atomic E-state index is 0.321. The van der Waals surface area contributed by atoms with Gasteiger partial charge in [0.05, 0.1) is 33.0 Å². The second kappa shape index (κ2) is 5.60. The molecule has 0 spiro atoms. The molecule has 1 aromatic carbocycles. The van der Waals surface area contributed by atoms with Gasteiger partial charge in [-0.3, -0.25) is 0 Å². The van der Waals surface area contributed by atoms with E-state index >= 15 is 0 Å². The van der Waals surface area contributed by atoms with E-state index in [9.17, 15) is 0 Å². The third kappa shape index (κ3) is 2.81. The molecular weight excluding hydrogens is 297 g/mol. The van der Waals surface area contributed by atoms with Crippen molar-refractivity contribution in [2.24, 2.45) is 0 Å². The fraction of sp³-hybridized carbons (Fsp3) is 0.562. The van der Waals surface area contributed by atoms with Gasteiger partial charge in [-0.1, -0.05) is 6.07 Å². The van der Waals surface area contributed by atoms with Gasteiger partial charge in [0.1, 0.15) is 0 Å². The van der Waals surface area contributed by atoms with E-state index in [4.69, 9.17) is 14.0 Å². The number of ether oxygens (including phenoxy) is 1. The summed E-state index contributed by atoms with van der Waals surface area (Å²) >= 11 is 1.72. The highest BCUT2D eigenvalue weighted by atomic mass is 32.1. The third-order valence-electron chi connectivity index (χ3n) is 4.50. The van der Waals surface area contributed by atoms with Crippen molar-refractivity contribution in [1.29, 1.82) is 0 Å². The van der Waals surface area contributed by atoms with Crippen molar-refractivity contribution in [3.63, 3.8) is 0 Å². The van der Waals surface area contributed by atoms with Crippen molar-refractivity contribution in [3.8, 4) is 0 Å². The molecule has 6 heteroatoms. The number of hydrogen-bond acceptors (Lipinski definition) is 5. The summed E-state index contributed by atoms with van der Waals surface area (Å²) in [6.07, 6.45) is 0.849. The average Bonchev–Trinajstić information content (AvgIpc) is 2.93. The standard InChI is InChI=1S/C16H22BNO3S/c1-15(2)16(3,4)21-17(20-15)11-6-7-13-12(10-11)18-14(22-13)8-9-19-5/h6-7,10H,8-9H2,1-5H3. The van der Waals surface area contributed by atoms with Crippen molar-refractivity contribution in [3.05, 3.63) is 23.2 Å². The van der Waals surface area contributed by atoms with Crippen LogP contribution in [0, 0.1) is 0 Å². The first kappa shape index (κ1) is 15.9. The monoisotopic (exact) mass is 319 g/mol. The maximum Gasteiger partial charge on any atom is 0.494 e. The van der Waals surface area contributed by atoms with Crippen molar-refractivity contribution in [1.82, 2.24) is 4.98 Å². The number of benzene rings is 1. The van der Waals surface area contributed by atoms with Gasteiger partial charge >= 0.3 is 7.12 Å². The lowest BCUT2D eigenvalue weighted by Crippen LogP contribution is -2.41. The molecule has 0 amide bonds. The van der Waals surface area contributed by atoms with Crippen molar-refractivity contribution >= 4 is 34.1 Å². The Morgan fingerprint density at radius 1 is 1.18 bits per heavy atom. The predicted molar refractivity (Wildman–Crippen MR) is 90.9 cm³/mol. The molecule has 0 atom stereocenters. The van der Waals surface area contributed by atoms with Gasteiger partial charge in [0, 0.05) is 13.5 Å². The van der Waals surface area contributed by atoms with Crippen LogP contribution < -0.4 is 5.46 Å². The van der Waals surface area contributed by atoms with Gasteiger partial charge in [-0.2, -0.15) is 0 Å². The van der Waals surface area contributed by atoms with Crippen LogP contribution in [-0.2, 0) is 20.5 Å². The number of nitrogens with zero attached hydrogens (tertiary/aromatic N) is 1. The minimum atomic E-state index is -0.335. The highest BCUT2D eigenvalue weighted by Crippen LogP contribution is 2.36. The zero-order valence-electron chi connectivity index (χ0n) is 13.8. The van der Waals surface area contributed by atoms with Crippen LogP contribution in [0.3, 0.4) is 0 Å².